The molecule has 1 heterocycles. The van der Waals surface area contributed by atoms with Crippen molar-refractivity contribution in [2.24, 2.45) is 0 Å². The third-order valence-corrected chi connectivity index (χ3v) is 5.49. The highest BCUT2D eigenvalue weighted by Crippen LogP contribution is 2.25. The molecule has 0 saturated heterocycles. The Balaban J connectivity index is 2.05. The van der Waals surface area contributed by atoms with Crippen LogP contribution < -0.4 is 0 Å². The smallest absolute Gasteiger partial charge is 0.331 e. The predicted molar refractivity (Wildman–Crippen MR) is 126 cm³/mol. The quantitative estimate of drug-likeness (QED) is 0.284. The zero-order chi connectivity index (χ0) is 22.1. The van der Waals surface area contributed by atoms with E-state index in [9.17, 15) is 4.79 Å². The molecule has 0 fully saturated rings. The van der Waals surface area contributed by atoms with Gasteiger partial charge in [0, 0.05) is 17.5 Å². The lowest BCUT2D eigenvalue weighted by Crippen LogP contribution is -2.11. The predicted octanol–water partition coefficient (Wildman–Crippen LogP) is 6.12. The van der Waals surface area contributed by atoms with Gasteiger partial charge in [0.15, 0.2) is 0 Å². The molecule has 5 heteroatoms. The summed E-state index contributed by atoms with van der Waals surface area (Å²) in [7, 11) is 0. The van der Waals surface area contributed by atoms with E-state index in [1.165, 1.54) is 0 Å². The summed E-state index contributed by atoms with van der Waals surface area (Å²) in [6, 6.07) is 18.0. The van der Waals surface area contributed by atoms with E-state index in [2.05, 4.69) is 23.6 Å². The van der Waals surface area contributed by atoms with Gasteiger partial charge in [-0.2, -0.15) is 0 Å². The molecule has 1 aromatic heterocycles. The van der Waals surface area contributed by atoms with Crippen molar-refractivity contribution in [1.29, 1.82) is 0 Å². The number of carbonyl (C=O) groups is 1. The van der Waals surface area contributed by atoms with Crippen LogP contribution in [0.25, 0.3) is 5.57 Å². The van der Waals surface area contributed by atoms with Crippen LogP contribution in [-0.2, 0) is 28.9 Å². The van der Waals surface area contributed by atoms with Gasteiger partial charge in [-0.25, -0.2) is 9.78 Å². The first kappa shape index (κ1) is 22.8. The average molecular weight is 437 g/mol. The lowest BCUT2D eigenvalue weighted by Gasteiger charge is -2.16. The Bertz CT molecular complexity index is 1020. The van der Waals surface area contributed by atoms with E-state index in [-0.39, 0.29) is 5.97 Å². The van der Waals surface area contributed by atoms with Crippen LogP contribution in [0.3, 0.4) is 0 Å². The van der Waals surface area contributed by atoms with Gasteiger partial charge in [-0.15, -0.1) is 0 Å². The maximum atomic E-state index is 12.4. The number of unbranched alkanes of at least 4 members (excludes halogenated alkanes) is 1. The van der Waals surface area contributed by atoms with Crippen molar-refractivity contribution in [2.45, 2.75) is 46.1 Å². The van der Waals surface area contributed by atoms with Crippen molar-refractivity contribution in [1.82, 2.24) is 9.55 Å². The molecule has 0 aliphatic carbocycles. The highest BCUT2D eigenvalue weighted by atomic mass is 35.5. The largest absolute Gasteiger partial charge is 0.463 e. The Morgan fingerprint density at radius 1 is 1.10 bits per heavy atom. The van der Waals surface area contributed by atoms with Crippen molar-refractivity contribution in [2.75, 3.05) is 6.61 Å². The summed E-state index contributed by atoms with van der Waals surface area (Å²) >= 11 is 6.46. The Morgan fingerprint density at radius 3 is 2.55 bits per heavy atom. The second kappa shape index (κ2) is 11.5. The van der Waals surface area contributed by atoms with E-state index in [0.29, 0.717) is 19.6 Å². The molecule has 162 valence electrons. The standard InChI is InChI=1S/C26H29ClN2O2/c1-3-5-15-25-28-18-24(29(25)19-21-13-9-10-14-23(21)27)22(17-26(30)31-4-2)16-20-11-7-6-8-12-20/h6-14,17-18H,3-5,15-16,19H2,1-2H3. The summed E-state index contributed by atoms with van der Waals surface area (Å²) in [5, 5.41) is 0.725. The number of hydrogen-bond donors (Lipinski definition) is 0. The SMILES string of the molecule is CCCCc1ncc(C(=CC(=O)OCC)Cc2ccccc2)n1Cc1ccccc1Cl. The molecule has 0 aliphatic rings. The van der Waals surface area contributed by atoms with Gasteiger partial charge in [0.25, 0.3) is 0 Å². The molecular formula is C26H29ClN2O2. The minimum Gasteiger partial charge on any atom is -0.463 e. The summed E-state index contributed by atoms with van der Waals surface area (Å²) in [6.07, 6.45) is 7.09. The van der Waals surface area contributed by atoms with Gasteiger partial charge in [-0.05, 0) is 42.5 Å². The normalized spacial score (nSPS) is 11.5. The molecule has 0 bridgehead atoms. The number of esters is 1. The molecular weight excluding hydrogens is 408 g/mol. The molecule has 3 rings (SSSR count). The van der Waals surface area contributed by atoms with E-state index in [4.69, 9.17) is 21.3 Å². The molecule has 2 aromatic carbocycles. The van der Waals surface area contributed by atoms with Gasteiger partial charge in [0.2, 0.25) is 0 Å². The van der Waals surface area contributed by atoms with Gasteiger partial charge >= 0.3 is 5.97 Å². The second-order valence-electron chi connectivity index (χ2n) is 7.42. The van der Waals surface area contributed by atoms with Crippen LogP contribution >= 0.6 is 11.6 Å². The van der Waals surface area contributed by atoms with E-state index >= 15 is 0 Å². The first-order valence-electron chi connectivity index (χ1n) is 10.8. The van der Waals surface area contributed by atoms with Gasteiger partial charge in [-0.3, -0.25) is 0 Å². The molecule has 4 nitrogen and oxygen atoms in total. The first-order chi connectivity index (χ1) is 15.1. The Labute approximate surface area is 189 Å². The Morgan fingerprint density at radius 2 is 1.84 bits per heavy atom. The topological polar surface area (TPSA) is 44.1 Å². The second-order valence-corrected chi connectivity index (χ2v) is 7.83. The maximum Gasteiger partial charge on any atom is 0.331 e. The van der Waals surface area contributed by atoms with Crippen molar-refractivity contribution >= 4 is 23.1 Å². The third kappa shape index (κ3) is 6.31. The maximum absolute atomic E-state index is 12.4. The van der Waals surface area contributed by atoms with Gasteiger partial charge < -0.3 is 9.30 Å². The number of ether oxygens (including phenoxy) is 1. The van der Waals surface area contributed by atoms with E-state index in [1.807, 2.05) is 55.6 Å². The monoisotopic (exact) mass is 436 g/mol. The summed E-state index contributed by atoms with van der Waals surface area (Å²) in [4.78, 5) is 17.1. The molecule has 0 radical (unpaired) electrons. The van der Waals surface area contributed by atoms with Crippen LogP contribution in [0.5, 0.6) is 0 Å². The van der Waals surface area contributed by atoms with E-state index in [1.54, 1.807) is 6.08 Å². The first-order valence-corrected chi connectivity index (χ1v) is 11.2. The average Bonchev–Trinajstić information content (AvgIpc) is 3.16. The van der Waals surface area contributed by atoms with Crippen LogP contribution in [0.1, 0.15) is 49.3 Å². The van der Waals surface area contributed by atoms with Crippen molar-refractivity contribution in [3.63, 3.8) is 0 Å². The van der Waals surface area contributed by atoms with Crippen LogP contribution in [-0.4, -0.2) is 22.1 Å². The van der Waals surface area contributed by atoms with Crippen molar-refractivity contribution < 1.29 is 9.53 Å². The van der Waals surface area contributed by atoms with Gasteiger partial charge in [0.05, 0.1) is 25.0 Å². The lowest BCUT2D eigenvalue weighted by molar-refractivity contribution is -0.137. The van der Waals surface area contributed by atoms with Crippen LogP contribution in [0.15, 0.2) is 66.9 Å². The number of hydrogen-bond acceptors (Lipinski definition) is 3. The summed E-state index contributed by atoms with van der Waals surface area (Å²) < 4.78 is 7.40. The number of aromatic nitrogens is 2. The molecule has 0 N–H and O–H groups in total. The molecule has 0 saturated carbocycles. The molecule has 0 amide bonds. The summed E-state index contributed by atoms with van der Waals surface area (Å²) in [5.41, 5.74) is 3.95. The zero-order valence-corrected chi connectivity index (χ0v) is 18.9. The minimum absolute atomic E-state index is 0.339. The molecule has 0 atom stereocenters. The lowest BCUT2D eigenvalue weighted by atomic mass is 10.0. The molecule has 31 heavy (non-hydrogen) atoms. The van der Waals surface area contributed by atoms with Crippen molar-refractivity contribution in [3.05, 3.63) is 94.5 Å². The molecule has 0 aliphatic heterocycles. The number of imidazole rings is 1. The number of benzene rings is 2. The van der Waals surface area contributed by atoms with Crippen LogP contribution in [0.4, 0.5) is 0 Å². The highest BCUT2D eigenvalue weighted by molar-refractivity contribution is 6.31. The van der Waals surface area contributed by atoms with Gasteiger partial charge in [0.1, 0.15) is 5.82 Å². The van der Waals surface area contributed by atoms with E-state index in [0.717, 1.165) is 52.5 Å². The number of allylic oxidation sites excluding steroid dienone is 1. The number of aryl methyl sites for hydroxylation is 1. The van der Waals surface area contributed by atoms with Crippen LogP contribution in [0.2, 0.25) is 5.02 Å². The number of rotatable bonds is 10. The Kier molecular flexibility index (Phi) is 8.48. The van der Waals surface area contributed by atoms with Gasteiger partial charge in [-0.1, -0.05) is 73.5 Å². The van der Waals surface area contributed by atoms with Crippen LogP contribution in [0, 0.1) is 0 Å². The molecule has 0 spiro atoms. The third-order valence-electron chi connectivity index (χ3n) is 5.12. The summed E-state index contributed by atoms with van der Waals surface area (Å²) in [6.45, 7) is 4.93. The number of carbonyl (C=O) groups excluding carboxylic acids is 1. The van der Waals surface area contributed by atoms with E-state index < -0.39 is 0 Å². The zero-order valence-electron chi connectivity index (χ0n) is 18.2. The molecule has 3 aromatic rings. The minimum atomic E-state index is -0.339. The number of nitrogens with zero attached hydrogens (tertiary/aromatic N) is 2. The fraction of sp³-hybridized carbons (Fsp3) is 0.308. The fourth-order valence-corrected chi connectivity index (χ4v) is 3.73. The number of halogens is 1. The highest BCUT2D eigenvalue weighted by Gasteiger charge is 2.17. The summed E-state index contributed by atoms with van der Waals surface area (Å²) in [5.74, 6) is 0.661. The van der Waals surface area contributed by atoms with Crippen molar-refractivity contribution in [3.8, 4) is 0 Å². The molecule has 0 unspecified atom stereocenters. The Hall–Kier alpha value is -2.85. The fourth-order valence-electron chi connectivity index (χ4n) is 3.54.